The molecule has 0 aromatic carbocycles. The average Bonchev–Trinajstić information content (AvgIpc) is 2.57. The fourth-order valence-electron chi connectivity index (χ4n) is 2.40. The van der Waals surface area contributed by atoms with Gasteiger partial charge >= 0.3 is 18.9 Å². The molecule has 1 aromatic heterocycles. The van der Waals surface area contributed by atoms with Gasteiger partial charge in [-0.05, 0) is 6.07 Å². The van der Waals surface area contributed by atoms with Gasteiger partial charge in [-0.2, -0.15) is 0 Å². The molecule has 2 aliphatic rings. The van der Waals surface area contributed by atoms with Gasteiger partial charge in [-0.15, -0.1) is 11.3 Å². The van der Waals surface area contributed by atoms with Crippen LogP contribution in [0.4, 0.5) is 14.5 Å². The number of anilines is 1. The number of ether oxygens (including phenoxy) is 1. The topological polar surface area (TPSA) is 52.6 Å². The van der Waals surface area contributed by atoms with E-state index >= 15 is 0 Å². The quantitative estimate of drug-likeness (QED) is 0.595. The molecule has 0 radical (unpaired) electrons. The zero-order valence-corrected chi connectivity index (χ0v) is 11.1. The maximum absolute atomic E-state index is 12.6. The molecule has 0 atom stereocenters. The first-order chi connectivity index (χ1) is 8.51. The van der Waals surface area contributed by atoms with Crippen molar-refractivity contribution in [2.75, 3.05) is 31.2 Å². The third-order valence-corrected chi connectivity index (χ3v) is 4.45. The molecule has 0 saturated carbocycles. The summed E-state index contributed by atoms with van der Waals surface area (Å²) in [6, 6.07) is 1.26. The third-order valence-electron chi connectivity index (χ3n) is 3.34. The molecule has 19 heavy (non-hydrogen) atoms. The van der Waals surface area contributed by atoms with Crippen LogP contribution in [0, 0.1) is 5.41 Å². The number of carboxylic acid groups (broad SMARTS) is 1. The maximum atomic E-state index is 12.6. The van der Waals surface area contributed by atoms with Crippen LogP contribution in [0.25, 0.3) is 0 Å². The molecule has 0 unspecified atom stereocenters. The van der Waals surface area contributed by atoms with E-state index in [1.807, 2.05) is 0 Å². The Bertz CT molecular complexity index is 496. The molecule has 8 heteroatoms. The molecule has 3 heterocycles. The first kappa shape index (κ1) is 14.8. The van der Waals surface area contributed by atoms with Crippen LogP contribution < -0.4 is 28.9 Å². The molecular weight excluding hydrogens is 271 g/mol. The van der Waals surface area contributed by atoms with Crippen molar-refractivity contribution in [3.05, 3.63) is 15.8 Å². The van der Waals surface area contributed by atoms with Crippen molar-refractivity contribution in [2.24, 2.45) is 5.41 Å². The van der Waals surface area contributed by atoms with Crippen molar-refractivity contribution in [1.82, 2.24) is 0 Å². The van der Waals surface area contributed by atoms with E-state index in [1.54, 1.807) is 4.90 Å². The molecule has 0 N–H and O–H groups in total. The number of nitrogens with zero attached hydrogens (tertiary/aromatic N) is 1. The SMILES string of the molecule is O=C([O-])c1sc(C(F)F)cc1N1CC2(COC2)C1.[Li+]. The fraction of sp³-hybridized carbons (Fsp3) is 0.545. The number of hydrogen-bond donors (Lipinski definition) is 0. The largest absolute Gasteiger partial charge is 1.00 e. The second-order valence-corrected chi connectivity index (χ2v) is 5.88. The Hall–Kier alpha value is -0.613. The molecule has 2 saturated heterocycles. The van der Waals surface area contributed by atoms with Crippen LogP contribution in [0.15, 0.2) is 6.07 Å². The van der Waals surface area contributed by atoms with Gasteiger partial charge in [0.15, 0.2) is 0 Å². The summed E-state index contributed by atoms with van der Waals surface area (Å²) in [5.74, 6) is -1.40. The molecule has 2 fully saturated rings. The Kier molecular flexibility index (Phi) is 3.94. The molecule has 1 spiro atoms. The summed E-state index contributed by atoms with van der Waals surface area (Å²) in [5.41, 5.74) is 0.462. The first-order valence-electron chi connectivity index (χ1n) is 5.47. The van der Waals surface area contributed by atoms with E-state index in [4.69, 9.17) is 4.74 Å². The summed E-state index contributed by atoms with van der Waals surface area (Å²) in [4.78, 5) is 12.4. The van der Waals surface area contributed by atoms with Crippen molar-refractivity contribution >= 4 is 23.0 Å². The van der Waals surface area contributed by atoms with E-state index in [9.17, 15) is 18.7 Å². The summed E-state index contributed by atoms with van der Waals surface area (Å²) in [6.45, 7) is 2.64. The number of thiophene rings is 1. The van der Waals surface area contributed by atoms with Crippen LogP contribution in [0.2, 0.25) is 0 Å². The van der Waals surface area contributed by atoms with Gasteiger partial charge in [0.1, 0.15) is 0 Å². The predicted molar refractivity (Wildman–Crippen MR) is 59.1 cm³/mol. The van der Waals surface area contributed by atoms with E-state index in [0.717, 1.165) is 0 Å². The standard InChI is InChI=1S/C11H11F2NO3S.Li/c12-9(13)7-1-6(8(18-7)10(15)16)14-2-11(3-14)4-17-5-11;/h1,9H,2-5H2,(H,15,16);/q;+1/p-1. The van der Waals surface area contributed by atoms with Crippen LogP contribution in [-0.2, 0) is 4.74 Å². The predicted octanol–water partition coefficient (Wildman–Crippen LogP) is -2.11. The van der Waals surface area contributed by atoms with Gasteiger partial charge in [0.2, 0.25) is 0 Å². The molecular formula is C11H10F2LiNO3S. The van der Waals surface area contributed by atoms with Crippen molar-refractivity contribution in [2.45, 2.75) is 6.43 Å². The van der Waals surface area contributed by atoms with E-state index in [1.165, 1.54) is 6.07 Å². The van der Waals surface area contributed by atoms with Crippen LogP contribution >= 0.6 is 11.3 Å². The Morgan fingerprint density at radius 2 is 2.11 bits per heavy atom. The van der Waals surface area contributed by atoms with E-state index in [0.29, 0.717) is 43.3 Å². The summed E-state index contributed by atoms with van der Waals surface area (Å²) < 4.78 is 30.3. The van der Waals surface area contributed by atoms with Crippen LogP contribution in [-0.4, -0.2) is 32.3 Å². The third kappa shape index (κ3) is 2.40. The minimum Gasteiger partial charge on any atom is -0.544 e. The van der Waals surface area contributed by atoms with Crippen LogP contribution in [0.3, 0.4) is 0 Å². The average molecular weight is 281 g/mol. The van der Waals surface area contributed by atoms with Gasteiger partial charge in [-0.25, -0.2) is 8.78 Å². The summed E-state index contributed by atoms with van der Waals surface area (Å²) in [5, 5.41) is 11.0. The molecule has 1 aromatic rings. The van der Waals surface area contributed by atoms with Crippen LogP contribution in [0.1, 0.15) is 21.0 Å². The Morgan fingerprint density at radius 3 is 2.53 bits per heavy atom. The normalized spacial score (nSPS) is 19.8. The molecule has 3 rings (SSSR count). The van der Waals surface area contributed by atoms with E-state index < -0.39 is 12.4 Å². The second-order valence-electron chi connectivity index (χ2n) is 4.80. The molecule has 98 valence electrons. The van der Waals surface area contributed by atoms with Gasteiger partial charge in [-0.3, -0.25) is 0 Å². The molecule has 0 aliphatic carbocycles. The number of carboxylic acids is 1. The van der Waals surface area contributed by atoms with Crippen molar-refractivity contribution in [3.8, 4) is 0 Å². The smallest absolute Gasteiger partial charge is 0.544 e. The number of carbonyl (C=O) groups is 1. The van der Waals surface area contributed by atoms with Crippen molar-refractivity contribution in [3.63, 3.8) is 0 Å². The number of halogens is 2. The molecule has 0 amide bonds. The number of alkyl halides is 2. The van der Waals surface area contributed by atoms with Gasteiger partial charge in [-0.1, -0.05) is 0 Å². The number of rotatable bonds is 3. The van der Waals surface area contributed by atoms with Crippen molar-refractivity contribution < 1.29 is 42.3 Å². The number of carbonyl (C=O) groups excluding carboxylic acids is 1. The second kappa shape index (κ2) is 5.06. The number of aromatic carboxylic acids is 1. The van der Waals surface area contributed by atoms with Gasteiger partial charge in [0.25, 0.3) is 6.43 Å². The summed E-state index contributed by atoms with van der Waals surface area (Å²) >= 11 is 0.594. The van der Waals surface area contributed by atoms with E-state index in [2.05, 4.69) is 0 Å². The molecule has 2 aliphatic heterocycles. The first-order valence-corrected chi connectivity index (χ1v) is 6.28. The summed E-state index contributed by atoms with van der Waals surface area (Å²) in [7, 11) is 0. The Morgan fingerprint density at radius 1 is 1.47 bits per heavy atom. The van der Waals surface area contributed by atoms with Crippen molar-refractivity contribution in [1.29, 1.82) is 0 Å². The van der Waals surface area contributed by atoms with Crippen LogP contribution in [0.5, 0.6) is 0 Å². The van der Waals surface area contributed by atoms with Gasteiger partial charge in [0.05, 0.1) is 40.0 Å². The Labute approximate surface area is 124 Å². The minimum atomic E-state index is -2.65. The minimum absolute atomic E-state index is 0. The maximum Gasteiger partial charge on any atom is 1.00 e. The van der Waals surface area contributed by atoms with Gasteiger partial charge < -0.3 is 19.5 Å². The monoisotopic (exact) mass is 281 g/mol. The zero-order valence-electron chi connectivity index (χ0n) is 10.3. The van der Waals surface area contributed by atoms with E-state index in [-0.39, 0.29) is 34.0 Å². The summed E-state index contributed by atoms with van der Waals surface area (Å²) in [6.07, 6.45) is -2.65. The molecule has 0 bridgehead atoms. The zero-order chi connectivity index (χ0) is 12.9. The molecule has 4 nitrogen and oxygen atoms in total. The Balaban J connectivity index is 0.00000133. The van der Waals surface area contributed by atoms with Gasteiger partial charge in [0, 0.05) is 13.1 Å². The number of hydrogen-bond acceptors (Lipinski definition) is 5. The fourth-order valence-corrected chi connectivity index (χ4v) is 3.27.